The smallest absolute Gasteiger partial charge is 0.407 e. The number of ether oxygens (including phenoxy) is 2. The first-order valence-electron chi connectivity index (χ1n) is 23.1. The van der Waals surface area contributed by atoms with Crippen LogP contribution in [-0.2, 0) is 34.1 Å². The Morgan fingerprint density at radius 2 is 0.923 bits per heavy atom. The first-order chi connectivity index (χ1) is 30.9. The number of nitrogens with one attached hydrogen (secondary N) is 4. The molecule has 2 heterocycles. The molecule has 6 atom stereocenters. The molecule has 14 nitrogen and oxygen atoms in total. The fourth-order valence-electron chi connectivity index (χ4n) is 9.86. The van der Waals surface area contributed by atoms with E-state index >= 15 is 0 Å². The second-order valence-corrected chi connectivity index (χ2v) is 19.5. The average Bonchev–Trinajstić information content (AvgIpc) is 4.08. The third-order valence-corrected chi connectivity index (χ3v) is 13.5. The van der Waals surface area contributed by atoms with Crippen molar-refractivity contribution in [2.24, 2.45) is 11.8 Å². The van der Waals surface area contributed by atoms with Crippen LogP contribution in [0.5, 0.6) is 0 Å². The van der Waals surface area contributed by atoms with Crippen LogP contribution in [0.3, 0.4) is 0 Å². The van der Waals surface area contributed by atoms with Crippen LogP contribution in [0.1, 0.15) is 127 Å². The summed E-state index contributed by atoms with van der Waals surface area (Å²) in [6, 6.07) is 22.2. The Bertz CT molecular complexity index is 2040. The fourth-order valence-corrected chi connectivity index (χ4v) is 9.86. The van der Waals surface area contributed by atoms with Gasteiger partial charge in [0.2, 0.25) is 23.6 Å². The minimum Gasteiger partial charge on any atom is -0.453 e. The topological polar surface area (TPSA) is 175 Å². The highest BCUT2D eigenvalue weighted by atomic mass is 16.5. The van der Waals surface area contributed by atoms with Crippen molar-refractivity contribution >= 4 is 47.2 Å². The summed E-state index contributed by atoms with van der Waals surface area (Å²) in [6.07, 6.45) is 2.95. The molecule has 0 spiro atoms. The Hall–Kier alpha value is -5.92. The van der Waals surface area contributed by atoms with Crippen molar-refractivity contribution in [3.8, 4) is 0 Å². The standard InChI is InChI=1S/C51H68N6O8/c1-30(2)43(54-49(62)64-8)47(60)56-28-10-12-40(56)45(58)52-36-22-16-32(17-23-36)38-26-27-39(42(38)34-14-20-35(21-15-34)51(5,6)7)33-18-24-37(25-19-33)53-46(59)41-13-11-29-57(41)48(61)44(31(3)4)55-50(63)65-9/h14-25,30-31,38-44H,10-13,26-29H2,1-9H3,(H,52,58)(H,53,59)(H,54,62)(H,55,63)/t38?,39?,40-,41-,42?,43-,44-/m0/s1. The third-order valence-electron chi connectivity index (χ3n) is 13.5. The van der Waals surface area contributed by atoms with E-state index in [1.54, 1.807) is 9.80 Å². The number of carbonyl (C=O) groups excluding carboxylic acids is 6. The van der Waals surface area contributed by atoms with Crippen molar-refractivity contribution in [3.63, 3.8) is 0 Å². The van der Waals surface area contributed by atoms with Crippen molar-refractivity contribution in [1.29, 1.82) is 0 Å². The molecule has 0 radical (unpaired) electrons. The van der Waals surface area contributed by atoms with E-state index in [-0.39, 0.29) is 58.6 Å². The van der Waals surface area contributed by atoms with Gasteiger partial charge in [0.1, 0.15) is 24.2 Å². The van der Waals surface area contributed by atoms with Gasteiger partial charge in [-0.25, -0.2) is 9.59 Å². The van der Waals surface area contributed by atoms with Gasteiger partial charge in [0, 0.05) is 24.5 Å². The van der Waals surface area contributed by atoms with Crippen molar-refractivity contribution < 1.29 is 38.2 Å². The van der Waals surface area contributed by atoms with Crippen LogP contribution < -0.4 is 21.3 Å². The summed E-state index contributed by atoms with van der Waals surface area (Å²) in [5.74, 6) is -0.977. The second-order valence-electron chi connectivity index (χ2n) is 19.5. The Balaban J connectivity index is 1.17. The van der Waals surface area contributed by atoms with E-state index in [1.807, 2.05) is 52.0 Å². The zero-order valence-electron chi connectivity index (χ0n) is 39.4. The van der Waals surface area contributed by atoms with Crippen molar-refractivity contribution in [2.45, 2.75) is 134 Å². The lowest BCUT2D eigenvalue weighted by atomic mass is 9.76. The van der Waals surface area contributed by atoms with Gasteiger partial charge in [-0.3, -0.25) is 19.2 Å². The molecular formula is C51H68N6O8. The molecule has 350 valence electrons. The van der Waals surface area contributed by atoms with Gasteiger partial charge in [-0.05, 0) is 120 Å². The second kappa shape index (κ2) is 20.9. The van der Waals surface area contributed by atoms with Gasteiger partial charge in [-0.2, -0.15) is 0 Å². The molecule has 1 aliphatic carbocycles. The Morgan fingerprint density at radius 3 is 1.26 bits per heavy atom. The molecule has 3 fully saturated rings. The molecule has 3 aromatic carbocycles. The summed E-state index contributed by atoms with van der Waals surface area (Å²) in [4.78, 5) is 81.7. The monoisotopic (exact) mass is 893 g/mol. The number of amides is 6. The lowest BCUT2D eigenvalue weighted by Crippen LogP contribution is -2.54. The molecule has 6 rings (SSSR count). The lowest BCUT2D eigenvalue weighted by molar-refractivity contribution is -0.139. The van der Waals surface area contributed by atoms with Gasteiger partial charge in [-0.1, -0.05) is 97.0 Å². The first kappa shape index (κ1) is 48.5. The molecule has 2 unspecified atom stereocenters. The van der Waals surface area contributed by atoms with E-state index < -0.39 is 36.4 Å². The maximum absolute atomic E-state index is 13.7. The van der Waals surface area contributed by atoms with Crippen LogP contribution in [0.25, 0.3) is 0 Å². The number of alkyl carbamates (subject to hydrolysis) is 2. The molecule has 6 amide bonds. The Kier molecular flexibility index (Phi) is 15.6. The van der Waals surface area contributed by atoms with Crippen molar-refractivity contribution in [3.05, 3.63) is 95.1 Å². The van der Waals surface area contributed by atoms with Gasteiger partial charge in [0.15, 0.2) is 0 Å². The number of methoxy groups -OCH3 is 2. The van der Waals surface area contributed by atoms with Crippen LogP contribution in [0.15, 0.2) is 72.8 Å². The molecule has 0 aromatic heterocycles. The summed E-state index contributed by atoms with van der Waals surface area (Å²) >= 11 is 0. The van der Waals surface area contributed by atoms with E-state index in [9.17, 15) is 28.8 Å². The molecule has 3 aliphatic rings. The first-order valence-corrected chi connectivity index (χ1v) is 23.1. The van der Waals surface area contributed by atoms with Crippen LogP contribution in [0.2, 0.25) is 0 Å². The molecular weight excluding hydrogens is 825 g/mol. The molecule has 14 heteroatoms. The van der Waals surface area contributed by atoms with E-state index in [1.165, 1.54) is 36.5 Å². The van der Waals surface area contributed by atoms with Gasteiger partial charge in [0.25, 0.3) is 0 Å². The predicted molar refractivity (Wildman–Crippen MR) is 251 cm³/mol. The Labute approximate surface area is 383 Å². The van der Waals surface area contributed by atoms with E-state index in [4.69, 9.17) is 9.47 Å². The fraction of sp³-hybridized carbons (Fsp3) is 0.529. The maximum atomic E-state index is 13.7. The van der Waals surface area contributed by atoms with Gasteiger partial charge in [-0.15, -0.1) is 0 Å². The normalized spacial score (nSPS) is 21.7. The minimum absolute atomic E-state index is 0.00529. The SMILES string of the molecule is COC(=O)N[C@H](C(=O)N1CCC[C@H]1C(=O)Nc1ccc(C2CCC(c3ccc(NC(=O)[C@@H]4CCCN4C(=O)[C@@H](NC(=O)OC)C(C)C)cc3)C2c2ccc(C(C)(C)C)cc2)cc1)C(C)C. The number of hydrogen-bond donors (Lipinski definition) is 4. The maximum Gasteiger partial charge on any atom is 0.407 e. The van der Waals surface area contributed by atoms with E-state index in [2.05, 4.69) is 90.6 Å². The van der Waals surface area contributed by atoms with E-state index in [0.29, 0.717) is 50.1 Å². The minimum atomic E-state index is -0.809. The summed E-state index contributed by atoms with van der Waals surface area (Å²) in [6.45, 7) is 14.9. The average molecular weight is 893 g/mol. The zero-order chi connectivity index (χ0) is 47.2. The van der Waals surface area contributed by atoms with Crippen LogP contribution in [0.4, 0.5) is 21.0 Å². The molecule has 2 aliphatic heterocycles. The van der Waals surface area contributed by atoms with Crippen LogP contribution >= 0.6 is 0 Å². The molecule has 4 N–H and O–H groups in total. The van der Waals surface area contributed by atoms with E-state index in [0.717, 1.165) is 12.8 Å². The summed E-state index contributed by atoms with van der Waals surface area (Å²) in [5, 5.41) is 11.4. The molecule has 65 heavy (non-hydrogen) atoms. The highest BCUT2D eigenvalue weighted by Crippen LogP contribution is 2.54. The molecule has 0 bridgehead atoms. The van der Waals surface area contributed by atoms with Crippen molar-refractivity contribution in [2.75, 3.05) is 37.9 Å². The van der Waals surface area contributed by atoms with Crippen LogP contribution in [0, 0.1) is 11.8 Å². The predicted octanol–water partition coefficient (Wildman–Crippen LogP) is 8.05. The summed E-state index contributed by atoms with van der Waals surface area (Å²) < 4.78 is 9.49. The molecule has 3 aromatic rings. The zero-order valence-corrected chi connectivity index (χ0v) is 39.4. The number of benzene rings is 3. The third kappa shape index (κ3) is 11.3. The van der Waals surface area contributed by atoms with Gasteiger partial charge in [0.05, 0.1) is 14.2 Å². The number of nitrogens with zero attached hydrogens (tertiary/aromatic N) is 2. The Morgan fingerprint density at radius 1 is 0.554 bits per heavy atom. The van der Waals surface area contributed by atoms with Gasteiger partial charge >= 0.3 is 12.2 Å². The molecule has 1 saturated carbocycles. The number of likely N-dealkylation sites (tertiary alicyclic amines) is 2. The quantitative estimate of drug-likeness (QED) is 0.133. The highest BCUT2D eigenvalue weighted by molar-refractivity contribution is 5.99. The highest BCUT2D eigenvalue weighted by Gasteiger charge is 2.42. The van der Waals surface area contributed by atoms with Crippen molar-refractivity contribution in [1.82, 2.24) is 20.4 Å². The number of rotatable bonds is 13. The lowest BCUT2D eigenvalue weighted by Gasteiger charge is -2.30. The largest absolute Gasteiger partial charge is 0.453 e. The van der Waals surface area contributed by atoms with Gasteiger partial charge < -0.3 is 40.5 Å². The number of hydrogen-bond acceptors (Lipinski definition) is 8. The molecule has 2 saturated heterocycles. The summed E-state index contributed by atoms with van der Waals surface area (Å²) in [7, 11) is 2.51. The summed E-state index contributed by atoms with van der Waals surface area (Å²) in [5.41, 5.74) is 6.15. The van der Waals surface area contributed by atoms with Crippen LogP contribution in [-0.4, -0.2) is 97.1 Å². The number of carbonyl (C=O) groups is 6. The number of anilines is 2.